The number of alkyl halides is 6. The number of halogens is 7. The van der Waals surface area contributed by atoms with Crippen LogP contribution in [0.4, 0.5) is 32.0 Å². The van der Waals surface area contributed by atoms with Crippen molar-refractivity contribution in [1.29, 1.82) is 0 Å². The van der Waals surface area contributed by atoms with Gasteiger partial charge in [0.1, 0.15) is 12.2 Å². The molecule has 12 heteroatoms. The molecule has 174 valence electrons. The van der Waals surface area contributed by atoms with Crippen LogP contribution in [-0.4, -0.2) is 10.6 Å². The number of carbonyl (C=O) groups excluding carboxylic acids is 1. The van der Waals surface area contributed by atoms with Crippen molar-refractivity contribution in [2.45, 2.75) is 19.0 Å². The number of aromatic nitrogens is 1. The Labute approximate surface area is 187 Å². The third-order valence-corrected chi connectivity index (χ3v) is 4.50. The van der Waals surface area contributed by atoms with Gasteiger partial charge in [0.05, 0.1) is 11.1 Å². The van der Waals surface area contributed by atoms with Crippen molar-refractivity contribution in [1.82, 2.24) is 4.73 Å². The Morgan fingerprint density at radius 1 is 0.939 bits per heavy atom. The van der Waals surface area contributed by atoms with Crippen molar-refractivity contribution in [3.8, 4) is 0 Å². The highest BCUT2D eigenvalue weighted by molar-refractivity contribution is 6.30. The molecular weight excluding hydrogens is 478 g/mol. The van der Waals surface area contributed by atoms with Crippen LogP contribution < -0.4 is 15.7 Å². The molecule has 5 nitrogen and oxygen atoms in total. The van der Waals surface area contributed by atoms with E-state index in [1.807, 2.05) is 5.32 Å². The molecule has 0 aliphatic carbocycles. The maximum Gasteiger partial charge on any atom is 0.416 e. The average Bonchev–Trinajstić information content (AvgIpc) is 2.71. The Kier molecular flexibility index (Phi) is 6.73. The molecule has 1 aromatic heterocycles. The van der Waals surface area contributed by atoms with Crippen LogP contribution in [0.25, 0.3) is 0 Å². The molecule has 1 heterocycles. The predicted molar refractivity (Wildman–Crippen MR) is 107 cm³/mol. The minimum atomic E-state index is -5.09. The summed E-state index contributed by atoms with van der Waals surface area (Å²) >= 11 is 5.86. The molecular formula is C21H13ClF6N2O3. The number of pyridine rings is 1. The quantitative estimate of drug-likeness (QED) is 0.486. The first-order chi connectivity index (χ1) is 15.3. The molecule has 0 aliphatic heterocycles. The molecule has 3 aromatic rings. The van der Waals surface area contributed by atoms with Gasteiger partial charge in [-0.2, -0.15) is 31.1 Å². The molecule has 0 spiro atoms. The van der Waals surface area contributed by atoms with Gasteiger partial charge in [0.2, 0.25) is 0 Å². The summed E-state index contributed by atoms with van der Waals surface area (Å²) in [6.07, 6.45) is -8.99. The van der Waals surface area contributed by atoms with Crippen molar-refractivity contribution in [3.63, 3.8) is 0 Å². The average molecular weight is 491 g/mol. The zero-order valence-electron chi connectivity index (χ0n) is 16.3. The van der Waals surface area contributed by atoms with Crippen molar-refractivity contribution in [3.05, 3.63) is 98.4 Å². The van der Waals surface area contributed by atoms with Crippen molar-refractivity contribution in [2.24, 2.45) is 0 Å². The van der Waals surface area contributed by atoms with Crippen LogP contribution in [0.5, 0.6) is 0 Å². The molecule has 0 bridgehead atoms. The Morgan fingerprint density at radius 3 is 2.15 bits per heavy atom. The fraction of sp³-hybridized carbons (Fsp3) is 0.143. The number of anilines is 1. The maximum atomic E-state index is 13.0. The predicted octanol–water partition coefficient (Wildman–Crippen LogP) is 5.42. The van der Waals surface area contributed by atoms with E-state index in [-0.39, 0.29) is 12.7 Å². The lowest BCUT2D eigenvalue weighted by atomic mass is 10.1. The highest BCUT2D eigenvalue weighted by Crippen LogP contribution is 2.37. The summed E-state index contributed by atoms with van der Waals surface area (Å²) < 4.78 is 78.7. The van der Waals surface area contributed by atoms with Gasteiger partial charge in [-0.15, -0.1) is 0 Å². The van der Waals surface area contributed by atoms with Gasteiger partial charge in [0.25, 0.3) is 11.5 Å². The SMILES string of the molecule is O=C(Nc1cc(C(F)(F)F)cc(C(F)(F)F)c1)c1cccn(OCc2cccc(Cl)c2)c1=O. The molecule has 33 heavy (non-hydrogen) atoms. The Hall–Kier alpha value is -3.47. The number of hydrogen-bond acceptors (Lipinski definition) is 3. The number of carbonyl (C=O) groups is 1. The summed E-state index contributed by atoms with van der Waals surface area (Å²) in [6, 6.07) is 9.42. The molecule has 2 aromatic carbocycles. The number of amides is 1. The second kappa shape index (κ2) is 9.18. The van der Waals surface area contributed by atoms with Crippen LogP contribution in [0.2, 0.25) is 5.02 Å². The van der Waals surface area contributed by atoms with E-state index in [0.717, 1.165) is 6.07 Å². The molecule has 3 rings (SSSR count). The maximum absolute atomic E-state index is 13.0. The monoisotopic (exact) mass is 490 g/mol. The lowest BCUT2D eigenvalue weighted by Gasteiger charge is -2.15. The van der Waals surface area contributed by atoms with E-state index >= 15 is 0 Å². The van der Waals surface area contributed by atoms with E-state index in [0.29, 0.717) is 27.4 Å². The van der Waals surface area contributed by atoms with Gasteiger partial charge in [-0.25, -0.2) is 0 Å². The smallest absolute Gasteiger partial charge is 0.406 e. The van der Waals surface area contributed by atoms with E-state index in [4.69, 9.17) is 16.4 Å². The van der Waals surface area contributed by atoms with Crippen LogP contribution in [0.1, 0.15) is 27.0 Å². The third-order valence-electron chi connectivity index (χ3n) is 4.26. The molecule has 0 saturated carbocycles. The number of benzene rings is 2. The first-order valence-corrected chi connectivity index (χ1v) is 9.42. The molecule has 0 saturated heterocycles. The number of hydrogen-bond donors (Lipinski definition) is 1. The molecule has 0 unspecified atom stereocenters. The lowest BCUT2D eigenvalue weighted by Crippen LogP contribution is -2.32. The Morgan fingerprint density at radius 2 is 1.58 bits per heavy atom. The molecule has 1 amide bonds. The number of nitrogens with one attached hydrogen (secondary N) is 1. The topological polar surface area (TPSA) is 60.3 Å². The standard InChI is InChI=1S/C21H13ClF6N2O3/c22-15-4-1-3-12(7-15)11-33-30-6-2-5-17(19(30)32)18(31)29-16-9-13(20(23,24)25)8-14(10-16)21(26,27)28/h1-10H,11H2,(H,29,31). The highest BCUT2D eigenvalue weighted by atomic mass is 35.5. The second-order valence-electron chi connectivity index (χ2n) is 6.70. The summed E-state index contributed by atoms with van der Waals surface area (Å²) in [5.41, 5.74) is -4.93. The van der Waals surface area contributed by atoms with Gasteiger partial charge >= 0.3 is 12.4 Å². The largest absolute Gasteiger partial charge is 0.416 e. The molecule has 0 radical (unpaired) electrons. The van der Waals surface area contributed by atoms with Gasteiger partial charge in [-0.05, 0) is 48.0 Å². The van der Waals surface area contributed by atoms with E-state index in [1.165, 1.54) is 12.3 Å². The Bertz CT molecular complexity index is 1210. The van der Waals surface area contributed by atoms with Gasteiger partial charge in [-0.1, -0.05) is 23.7 Å². The van der Waals surface area contributed by atoms with Gasteiger partial charge in [0, 0.05) is 16.9 Å². The van der Waals surface area contributed by atoms with Crippen LogP contribution in [-0.2, 0) is 19.0 Å². The van der Waals surface area contributed by atoms with Gasteiger partial charge < -0.3 is 10.2 Å². The first kappa shape index (κ1) is 24.2. The van der Waals surface area contributed by atoms with Crippen LogP contribution in [0.3, 0.4) is 0 Å². The van der Waals surface area contributed by atoms with Gasteiger partial charge in [-0.3, -0.25) is 9.59 Å². The molecule has 0 atom stereocenters. The van der Waals surface area contributed by atoms with Crippen LogP contribution >= 0.6 is 11.6 Å². The molecule has 0 fully saturated rings. The van der Waals surface area contributed by atoms with Gasteiger partial charge in [0.15, 0.2) is 0 Å². The van der Waals surface area contributed by atoms with E-state index in [9.17, 15) is 35.9 Å². The summed E-state index contributed by atoms with van der Waals surface area (Å²) in [5.74, 6) is -1.21. The normalized spacial score (nSPS) is 11.8. The molecule has 1 N–H and O–H groups in total. The fourth-order valence-corrected chi connectivity index (χ4v) is 2.96. The Balaban J connectivity index is 1.86. The van der Waals surface area contributed by atoms with Crippen LogP contribution in [0.15, 0.2) is 65.6 Å². The summed E-state index contributed by atoms with van der Waals surface area (Å²) in [7, 11) is 0. The molecule has 0 aliphatic rings. The number of nitrogens with zero attached hydrogens (tertiary/aromatic N) is 1. The zero-order valence-corrected chi connectivity index (χ0v) is 17.1. The zero-order chi connectivity index (χ0) is 24.4. The van der Waals surface area contributed by atoms with Crippen molar-refractivity contribution < 1.29 is 36.0 Å². The van der Waals surface area contributed by atoms with E-state index in [2.05, 4.69) is 0 Å². The van der Waals surface area contributed by atoms with Crippen LogP contribution in [0, 0.1) is 0 Å². The minimum absolute atomic E-state index is 0.0746. The first-order valence-electron chi connectivity index (χ1n) is 9.05. The third kappa shape index (κ3) is 6.07. The van der Waals surface area contributed by atoms with Crippen molar-refractivity contribution >= 4 is 23.2 Å². The van der Waals surface area contributed by atoms with Crippen molar-refractivity contribution in [2.75, 3.05) is 5.32 Å². The highest BCUT2D eigenvalue weighted by Gasteiger charge is 2.37. The number of rotatable bonds is 5. The summed E-state index contributed by atoms with van der Waals surface area (Å²) in [6.45, 7) is -0.103. The minimum Gasteiger partial charge on any atom is -0.406 e. The summed E-state index contributed by atoms with van der Waals surface area (Å²) in [5, 5.41) is 2.33. The second-order valence-corrected chi connectivity index (χ2v) is 7.14. The summed E-state index contributed by atoms with van der Waals surface area (Å²) in [4.78, 5) is 30.3. The lowest BCUT2D eigenvalue weighted by molar-refractivity contribution is -0.143. The van der Waals surface area contributed by atoms with E-state index in [1.54, 1.807) is 24.3 Å². The fourth-order valence-electron chi connectivity index (χ4n) is 2.75. The van der Waals surface area contributed by atoms with E-state index < -0.39 is 46.2 Å².